The third-order valence-corrected chi connectivity index (χ3v) is 5.68. The van der Waals surface area contributed by atoms with Gasteiger partial charge in [0.2, 0.25) is 0 Å². The molecule has 0 aromatic heterocycles. The zero-order chi connectivity index (χ0) is 21.7. The number of phenolic OH excluding ortho intramolecular Hbond substituents is 1. The first kappa shape index (κ1) is 20.0. The molecule has 4 rings (SSSR count). The number of rotatable bonds is 3. The van der Waals surface area contributed by atoms with Gasteiger partial charge in [-0.3, -0.25) is 9.59 Å². The van der Waals surface area contributed by atoms with Gasteiger partial charge in [-0.25, -0.2) is 4.79 Å². The number of phenols is 1. The summed E-state index contributed by atoms with van der Waals surface area (Å²) in [7, 11) is 0. The van der Waals surface area contributed by atoms with E-state index in [0.717, 1.165) is 0 Å². The average Bonchev–Trinajstić information content (AvgIpc) is 2.66. The van der Waals surface area contributed by atoms with Crippen LogP contribution in [0.15, 0.2) is 61.2 Å². The topological polar surface area (TPSA) is 125 Å². The molecule has 0 fully saturated rings. The van der Waals surface area contributed by atoms with Crippen molar-refractivity contribution >= 4 is 51.7 Å². The second-order valence-corrected chi connectivity index (χ2v) is 7.58. The van der Waals surface area contributed by atoms with Crippen molar-refractivity contribution in [2.75, 3.05) is 0 Å². The minimum Gasteiger partial charge on any atom is -0.508 e. The Morgan fingerprint density at radius 2 is 1.80 bits per heavy atom. The highest BCUT2D eigenvalue weighted by Gasteiger charge is 2.37. The highest BCUT2D eigenvalue weighted by Crippen LogP contribution is 2.48. The second kappa shape index (κ2) is 7.19. The van der Waals surface area contributed by atoms with Gasteiger partial charge in [-0.05, 0) is 24.3 Å². The number of halogens is 2. The molecular weight excluding hydrogens is 435 g/mol. The van der Waals surface area contributed by atoms with E-state index in [1.54, 1.807) is 0 Å². The molecule has 152 valence electrons. The highest BCUT2D eigenvalue weighted by atomic mass is 35.5. The molecular formula is C21H12Cl2O7. The van der Waals surface area contributed by atoms with Gasteiger partial charge in [0, 0.05) is 50.7 Å². The molecule has 1 aromatic carbocycles. The van der Waals surface area contributed by atoms with Gasteiger partial charge < -0.3 is 19.7 Å². The van der Waals surface area contributed by atoms with Gasteiger partial charge in [0.05, 0.1) is 11.5 Å². The highest BCUT2D eigenvalue weighted by molar-refractivity contribution is 6.41. The smallest absolute Gasteiger partial charge is 0.337 e. The van der Waals surface area contributed by atoms with Crippen molar-refractivity contribution in [3.05, 3.63) is 67.8 Å². The third-order valence-electron chi connectivity index (χ3n) is 4.89. The summed E-state index contributed by atoms with van der Waals surface area (Å²) in [5, 5.41) is 29.2. The summed E-state index contributed by atoms with van der Waals surface area (Å²) in [6.45, 7) is 0. The minimum absolute atomic E-state index is 0.0667. The first-order valence-electron chi connectivity index (χ1n) is 8.63. The van der Waals surface area contributed by atoms with Crippen LogP contribution in [-0.2, 0) is 9.59 Å². The molecule has 0 amide bonds. The number of aromatic hydroxyl groups is 1. The normalized spacial score (nSPS) is 17.1. The number of fused-ring (bicyclic) bond motifs is 2. The fourth-order valence-electron chi connectivity index (χ4n) is 3.59. The summed E-state index contributed by atoms with van der Waals surface area (Å²) < 4.78 is 5.73. The maximum absolute atomic E-state index is 12.1. The number of benzene rings is 2. The van der Waals surface area contributed by atoms with E-state index < -0.39 is 17.9 Å². The quantitative estimate of drug-likeness (QED) is 0.513. The largest absolute Gasteiger partial charge is 0.508 e. The van der Waals surface area contributed by atoms with Crippen molar-refractivity contribution < 1.29 is 29.3 Å². The molecule has 2 aliphatic carbocycles. The molecule has 3 aliphatic rings. The summed E-state index contributed by atoms with van der Waals surface area (Å²) in [5.74, 6) is -3.87. The Morgan fingerprint density at radius 1 is 1.07 bits per heavy atom. The molecule has 1 atom stereocenters. The standard InChI is InChI=1S/C21H12Cl2O7/c22-13-7-12(20(26)27)19(23)18(17(13)21(28)29)16-10-3-1-8(24)5-14(10)30-15-6-9(25)2-4-11(15)16/h1-6,12,24H,7H2,(H,26,27)(H,28,29). The van der Waals surface area contributed by atoms with Gasteiger partial charge in [0.25, 0.3) is 0 Å². The van der Waals surface area contributed by atoms with Gasteiger partial charge in [-0.1, -0.05) is 23.2 Å². The first-order chi connectivity index (χ1) is 14.2. The predicted octanol–water partition coefficient (Wildman–Crippen LogP) is 4.24. The number of hydrogen-bond acceptors (Lipinski definition) is 5. The van der Waals surface area contributed by atoms with Gasteiger partial charge in [-0.15, -0.1) is 0 Å². The van der Waals surface area contributed by atoms with E-state index in [4.69, 9.17) is 27.6 Å². The lowest BCUT2D eigenvalue weighted by molar-refractivity contribution is -0.140. The van der Waals surface area contributed by atoms with Crippen LogP contribution in [0.5, 0.6) is 5.75 Å². The molecule has 3 N–H and O–H groups in total. The lowest BCUT2D eigenvalue weighted by atomic mass is 9.82. The Hall–Kier alpha value is -3.29. The SMILES string of the molecule is O=C(O)C1=C(Cl)CC(C(=O)O)C(Cl)=C1c1c2ccc(=O)cc-2oc2cc(O)ccc12. The van der Waals surface area contributed by atoms with E-state index in [1.807, 2.05) is 0 Å². The molecule has 0 saturated carbocycles. The molecule has 0 saturated heterocycles. The third kappa shape index (κ3) is 3.12. The molecule has 0 spiro atoms. The van der Waals surface area contributed by atoms with Crippen LogP contribution >= 0.6 is 23.2 Å². The van der Waals surface area contributed by atoms with Crippen LogP contribution in [0, 0.1) is 5.92 Å². The van der Waals surface area contributed by atoms with E-state index in [0.29, 0.717) is 10.9 Å². The molecule has 1 aromatic rings. The maximum Gasteiger partial charge on any atom is 0.337 e. The van der Waals surface area contributed by atoms with Crippen LogP contribution in [0.4, 0.5) is 0 Å². The molecule has 1 aliphatic heterocycles. The van der Waals surface area contributed by atoms with Gasteiger partial charge in [-0.2, -0.15) is 0 Å². The molecule has 7 nitrogen and oxygen atoms in total. The number of carboxylic acid groups (broad SMARTS) is 2. The van der Waals surface area contributed by atoms with E-state index in [-0.39, 0.29) is 55.7 Å². The van der Waals surface area contributed by atoms with E-state index in [2.05, 4.69) is 0 Å². The fraction of sp³-hybridized carbons (Fsp3) is 0.0952. The monoisotopic (exact) mass is 446 g/mol. The number of carbonyl (C=O) groups is 2. The summed E-state index contributed by atoms with van der Waals surface area (Å²) in [4.78, 5) is 35.6. The second-order valence-electron chi connectivity index (χ2n) is 6.72. The zero-order valence-corrected chi connectivity index (χ0v) is 16.5. The first-order valence-corrected chi connectivity index (χ1v) is 9.39. The van der Waals surface area contributed by atoms with Crippen LogP contribution in [0.1, 0.15) is 12.0 Å². The molecule has 30 heavy (non-hydrogen) atoms. The van der Waals surface area contributed by atoms with Crippen molar-refractivity contribution in [3.63, 3.8) is 0 Å². The Kier molecular flexibility index (Phi) is 4.80. The van der Waals surface area contributed by atoms with Crippen molar-refractivity contribution in [2.24, 2.45) is 5.92 Å². The van der Waals surface area contributed by atoms with Crippen LogP contribution in [0.2, 0.25) is 0 Å². The number of aliphatic carboxylic acids is 2. The number of carboxylic acids is 2. The van der Waals surface area contributed by atoms with Crippen LogP contribution in [0.25, 0.3) is 27.9 Å². The lowest BCUT2D eigenvalue weighted by Gasteiger charge is -2.26. The zero-order valence-electron chi connectivity index (χ0n) is 15.0. The number of allylic oxidation sites excluding steroid dienone is 1. The summed E-state index contributed by atoms with van der Waals surface area (Å²) >= 11 is 12.7. The maximum atomic E-state index is 12.1. The Labute approximate surface area is 178 Å². The summed E-state index contributed by atoms with van der Waals surface area (Å²) in [6, 6.07) is 8.08. The Balaban J connectivity index is 2.22. The fourth-order valence-corrected chi connectivity index (χ4v) is 4.28. The lowest BCUT2D eigenvalue weighted by Crippen LogP contribution is -2.22. The van der Waals surface area contributed by atoms with E-state index in [1.165, 1.54) is 36.4 Å². The van der Waals surface area contributed by atoms with Crippen LogP contribution < -0.4 is 5.43 Å². The number of hydrogen-bond donors (Lipinski definition) is 3. The Morgan fingerprint density at radius 3 is 2.47 bits per heavy atom. The van der Waals surface area contributed by atoms with Crippen LogP contribution in [0.3, 0.4) is 0 Å². The average molecular weight is 447 g/mol. The predicted molar refractivity (Wildman–Crippen MR) is 110 cm³/mol. The Bertz CT molecular complexity index is 1330. The van der Waals surface area contributed by atoms with Crippen molar-refractivity contribution in [3.8, 4) is 17.1 Å². The molecule has 0 bridgehead atoms. The van der Waals surface area contributed by atoms with Crippen molar-refractivity contribution in [1.82, 2.24) is 0 Å². The van der Waals surface area contributed by atoms with Gasteiger partial charge in [0.1, 0.15) is 17.1 Å². The van der Waals surface area contributed by atoms with Crippen molar-refractivity contribution in [2.45, 2.75) is 6.42 Å². The van der Waals surface area contributed by atoms with E-state index in [9.17, 15) is 29.7 Å². The van der Waals surface area contributed by atoms with Crippen LogP contribution in [-0.4, -0.2) is 27.3 Å². The minimum atomic E-state index is -1.38. The van der Waals surface area contributed by atoms with Gasteiger partial charge in [0.15, 0.2) is 5.43 Å². The molecule has 0 radical (unpaired) electrons. The summed E-state index contributed by atoms with van der Waals surface area (Å²) in [5.41, 5.74) is -0.00242. The summed E-state index contributed by atoms with van der Waals surface area (Å²) in [6.07, 6.45) is -0.264. The van der Waals surface area contributed by atoms with Gasteiger partial charge >= 0.3 is 11.9 Å². The molecule has 9 heteroatoms. The molecule has 1 unspecified atom stereocenters. The molecule has 1 heterocycles. The van der Waals surface area contributed by atoms with E-state index >= 15 is 0 Å². The van der Waals surface area contributed by atoms with Crippen molar-refractivity contribution in [1.29, 1.82) is 0 Å².